The van der Waals surface area contributed by atoms with Crippen molar-refractivity contribution in [3.8, 4) is 0 Å². The van der Waals surface area contributed by atoms with Gasteiger partial charge in [0.15, 0.2) is 0 Å². The molecule has 64 valence electrons. The van der Waals surface area contributed by atoms with E-state index in [1.54, 1.807) is 18.9 Å². The molecule has 1 N–H and O–H groups in total. The summed E-state index contributed by atoms with van der Waals surface area (Å²) in [5, 5.41) is 8.98. The second kappa shape index (κ2) is 3.22. The van der Waals surface area contributed by atoms with Crippen LogP contribution in [-0.2, 0) is 4.79 Å². The Balaban J connectivity index is 2.27. The molecule has 0 aromatic rings. The molecular formula is C8H15NO2. The van der Waals surface area contributed by atoms with Crippen molar-refractivity contribution in [1.82, 2.24) is 4.90 Å². The summed E-state index contributed by atoms with van der Waals surface area (Å²) in [6.07, 6.45) is 1.65. The minimum absolute atomic E-state index is 0.186. The monoisotopic (exact) mass is 157 g/mol. The van der Waals surface area contributed by atoms with Crippen LogP contribution >= 0.6 is 0 Å². The Hall–Kier alpha value is -0.570. The average molecular weight is 157 g/mol. The van der Waals surface area contributed by atoms with Gasteiger partial charge in [-0.25, -0.2) is 0 Å². The minimum atomic E-state index is -0.414. The number of hydrogen-bond acceptors (Lipinski definition) is 2. The van der Waals surface area contributed by atoms with E-state index in [1.807, 2.05) is 0 Å². The van der Waals surface area contributed by atoms with E-state index in [-0.39, 0.29) is 11.8 Å². The van der Waals surface area contributed by atoms with Gasteiger partial charge in [0.25, 0.3) is 0 Å². The zero-order valence-corrected chi connectivity index (χ0v) is 7.08. The van der Waals surface area contributed by atoms with Gasteiger partial charge in [-0.3, -0.25) is 4.79 Å². The molecule has 0 bridgehead atoms. The molecule has 0 aliphatic heterocycles. The summed E-state index contributed by atoms with van der Waals surface area (Å²) in [6, 6.07) is 0. The number of likely N-dealkylation sites (N-methyl/N-ethyl adjacent to an activating group) is 1. The first-order valence-corrected chi connectivity index (χ1v) is 4.04. The lowest BCUT2D eigenvalue weighted by Crippen LogP contribution is -2.33. The van der Waals surface area contributed by atoms with Gasteiger partial charge in [0.1, 0.15) is 0 Å². The van der Waals surface area contributed by atoms with E-state index < -0.39 is 6.10 Å². The van der Waals surface area contributed by atoms with Crippen molar-refractivity contribution in [1.29, 1.82) is 0 Å². The molecule has 0 aromatic heterocycles. The molecule has 1 unspecified atom stereocenters. The van der Waals surface area contributed by atoms with E-state index in [9.17, 15) is 4.79 Å². The third-order valence-electron chi connectivity index (χ3n) is 1.84. The summed E-state index contributed by atoms with van der Waals surface area (Å²) in [4.78, 5) is 12.9. The molecule has 1 atom stereocenters. The highest BCUT2D eigenvalue weighted by molar-refractivity contribution is 5.80. The second-order valence-electron chi connectivity index (χ2n) is 3.34. The molecule has 1 amide bonds. The lowest BCUT2D eigenvalue weighted by molar-refractivity contribution is -0.132. The number of nitrogens with zero attached hydrogens (tertiary/aromatic N) is 1. The van der Waals surface area contributed by atoms with Crippen LogP contribution < -0.4 is 0 Å². The zero-order valence-electron chi connectivity index (χ0n) is 7.08. The van der Waals surface area contributed by atoms with Gasteiger partial charge in [-0.15, -0.1) is 0 Å². The fourth-order valence-corrected chi connectivity index (χ4v) is 1.13. The van der Waals surface area contributed by atoms with Gasteiger partial charge in [-0.2, -0.15) is 0 Å². The van der Waals surface area contributed by atoms with Crippen LogP contribution in [0.25, 0.3) is 0 Å². The smallest absolute Gasteiger partial charge is 0.225 e. The number of aliphatic hydroxyl groups excluding tert-OH is 1. The molecule has 0 heterocycles. The highest BCUT2D eigenvalue weighted by atomic mass is 16.3. The molecule has 0 radical (unpaired) electrons. The first kappa shape index (κ1) is 8.53. The Morgan fingerprint density at radius 1 is 1.73 bits per heavy atom. The molecule has 0 saturated heterocycles. The number of aliphatic hydroxyl groups is 1. The topological polar surface area (TPSA) is 40.5 Å². The number of amides is 1. The highest BCUT2D eigenvalue weighted by Crippen LogP contribution is 2.30. The first-order chi connectivity index (χ1) is 5.11. The van der Waals surface area contributed by atoms with Crippen LogP contribution in [0.3, 0.4) is 0 Å². The maximum absolute atomic E-state index is 11.3. The maximum atomic E-state index is 11.3. The van der Waals surface area contributed by atoms with Gasteiger partial charge < -0.3 is 10.0 Å². The van der Waals surface area contributed by atoms with Gasteiger partial charge in [0.05, 0.1) is 6.10 Å². The minimum Gasteiger partial charge on any atom is -0.392 e. The van der Waals surface area contributed by atoms with Crippen LogP contribution in [0, 0.1) is 5.92 Å². The number of rotatable bonds is 3. The molecule has 3 nitrogen and oxygen atoms in total. The van der Waals surface area contributed by atoms with Crippen LogP contribution in [0.4, 0.5) is 0 Å². The Morgan fingerprint density at radius 3 is 2.64 bits per heavy atom. The predicted octanol–water partition coefficient (Wildman–Crippen LogP) is 0.236. The van der Waals surface area contributed by atoms with Crippen molar-refractivity contribution in [2.24, 2.45) is 5.92 Å². The van der Waals surface area contributed by atoms with Gasteiger partial charge >= 0.3 is 0 Å². The molecule has 1 aliphatic rings. The Bertz CT molecular complexity index is 152. The molecular weight excluding hydrogens is 142 g/mol. The van der Waals surface area contributed by atoms with Gasteiger partial charge in [-0.05, 0) is 19.8 Å². The van der Waals surface area contributed by atoms with E-state index in [1.165, 1.54) is 0 Å². The van der Waals surface area contributed by atoms with E-state index in [0.717, 1.165) is 12.8 Å². The van der Waals surface area contributed by atoms with Crippen LogP contribution in [0.2, 0.25) is 0 Å². The van der Waals surface area contributed by atoms with E-state index in [0.29, 0.717) is 6.54 Å². The van der Waals surface area contributed by atoms with Crippen LogP contribution in [0.15, 0.2) is 0 Å². The Morgan fingerprint density at radius 2 is 2.27 bits per heavy atom. The molecule has 11 heavy (non-hydrogen) atoms. The second-order valence-corrected chi connectivity index (χ2v) is 3.34. The Kier molecular flexibility index (Phi) is 2.49. The predicted molar refractivity (Wildman–Crippen MR) is 42.0 cm³/mol. The van der Waals surface area contributed by atoms with E-state index in [4.69, 9.17) is 5.11 Å². The summed E-state index contributed by atoms with van der Waals surface area (Å²) >= 11 is 0. The average Bonchev–Trinajstić information content (AvgIpc) is 2.65. The summed E-state index contributed by atoms with van der Waals surface area (Å²) in [6.45, 7) is 2.14. The molecule has 1 fully saturated rings. The summed E-state index contributed by atoms with van der Waals surface area (Å²) < 4.78 is 0. The lowest BCUT2D eigenvalue weighted by Gasteiger charge is -2.18. The SMILES string of the molecule is CC(O)CN(C)C(=O)C1CC1. The van der Waals surface area contributed by atoms with Crippen LogP contribution in [-0.4, -0.2) is 35.6 Å². The van der Waals surface area contributed by atoms with Crippen LogP contribution in [0.5, 0.6) is 0 Å². The quantitative estimate of drug-likeness (QED) is 0.637. The van der Waals surface area contributed by atoms with E-state index in [2.05, 4.69) is 0 Å². The zero-order chi connectivity index (χ0) is 8.43. The van der Waals surface area contributed by atoms with Gasteiger partial charge in [0, 0.05) is 19.5 Å². The molecule has 1 rings (SSSR count). The number of carbonyl (C=O) groups is 1. The standard InChI is InChI=1S/C8H15NO2/c1-6(10)5-9(2)8(11)7-3-4-7/h6-7,10H,3-5H2,1-2H3. The van der Waals surface area contributed by atoms with Crippen LogP contribution in [0.1, 0.15) is 19.8 Å². The number of carbonyl (C=O) groups excluding carboxylic acids is 1. The van der Waals surface area contributed by atoms with Crippen molar-refractivity contribution in [3.63, 3.8) is 0 Å². The summed E-state index contributed by atoms with van der Waals surface area (Å²) in [5.74, 6) is 0.449. The van der Waals surface area contributed by atoms with Gasteiger partial charge in [-0.1, -0.05) is 0 Å². The summed E-state index contributed by atoms with van der Waals surface area (Å²) in [5.41, 5.74) is 0. The normalized spacial score (nSPS) is 19.5. The molecule has 1 aliphatic carbocycles. The first-order valence-electron chi connectivity index (χ1n) is 4.04. The summed E-state index contributed by atoms with van der Waals surface area (Å²) in [7, 11) is 1.74. The third-order valence-corrected chi connectivity index (χ3v) is 1.84. The van der Waals surface area contributed by atoms with Crippen molar-refractivity contribution in [3.05, 3.63) is 0 Å². The van der Waals surface area contributed by atoms with E-state index >= 15 is 0 Å². The van der Waals surface area contributed by atoms with Gasteiger partial charge in [0.2, 0.25) is 5.91 Å². The third kappa shape index (κ3) is 2.50. The van der Waals surface area contributed by atoms with Crippen molar-refractivity contribution in [2.75, 3.05) is 13.6 Å². The Labute approximate surface area is 67.0 Å². The largest absolute Gasteiger partial charge is 0.392 e. The molecule has 1 saturated carbocycles. The van der Waals surface area contributed by atoms with Crippen molar-refractivity contribution < 1.29 is 9.90 Å². The van der Waals surface area contributed by atoms with Crippen molar-refractivity contribution in [2.45, 2.75) is 25.9 Å². The number of hydrogen-bond donors (Lipinski definition) is 1. The fourth-order valence-electron chi connectivity index (χ4n) is 1.13. The molecule has 0 aromatic carbocycles. The lowest BCUT2D eigenvalue weighted by atomic mass is 10.3. The fraction of sp³-hybridized carbons (Fsp3) is 0.875. The highest BCUT2D eigenvalue weighted by Gasteiger charge is 2.32. The van der Waals surface area contributed by atoms with Crippen molar-refractivity contribution >= 4 is 5.91 Å². The maximum Gasteiger partial charge on any atom is 0.225 e. The molecule has 3 heteroatoms. The molecule has 0 spiro atoms.